The molecule has 0 saturated heterocycles. The summed E-state index contributed by atoms with van der Waals surface area (Å²) < 4.78 is 76.1. The molecule has 0 unspecified atom stereocenters. The van der Waals surface area contributed by atoms with Crippen molar-refractivity contribution in [3.8, 4) is 0 Å². The molecule has 74 valence electrons. The second kappa shape index (κ2) is 25.0. The van der Waals surface area contributed by atoms with Gasteiger partial charge in [0.2, 0.25) is 0 Å². The van der Waals surface area contributed by atoms with Crippen molar-refractivity contribution >= 4 is 50.4 Å². The Hall–Kier alpha value is 3.03. The molecule has 14 heteroatoms. The van der Waals surface area contributed by atoms with E-state index in [2.05, 4.69) is 0 Å². The van der Waals surface area contributed by atoms with E-state index in [4.69, 9.17) is 30.0 Å². The predicted molar refractivity (Wildman–Crippen MR) is 16.5 cm³/mol. The van der Waals surface area contributed by atoms with Crippen LogP contribution >= 0.6 is 0 Å². The van der Waals surface area contributed by atoms with Crippen molar-refractivity contribution in [1.29, 1.82) is 0 Å². The monoisotopic (exact) mass is 608 g/mol. The van der Waals surface area contributed by atoms with E-state index in [1.165, 1.54) is 0 Å². The maximum atomic E-state index is 8.72. The van der Waals surface area contributed by atoms with Gasteiger partial charge in [-0.05, 0) is 0 Å². The summed E-state index contributed by atoms with van der Waals surface area (Å²) in [4.78, 5) is 0. The Balaban J connectivity index is -0.0000000270. The van der Waals surface area contributed by atoms with Crippen LogP contribution in [0, 0.1) is 0 Å². The third-order valence-corrected chi connectivity index (χ3v) is 0. The van der Waals surface area contributed by atoms with Crippen molar-refractivity contribution in [2.45, 2.75) is 0 Å². The van der Waals surface area contributed by atoms with E-state index >= 15 is 0 Å². The van der Waals surface area contributed by atoms with E-state index in [0.29, 0.717) is 0 Å². The van der Waals surface area contributed by atoms with Crippen LogP contribution in [-0.2, 0) is 72.7 Å². The van der Waals surface area contributed by atoms with Gasteiger partial charge in [-0.15, -0.1) is 0 Å². The van der Waals surface area contributed by atoms with Crippen LogP contribution in [-0.4, -0.2) is 53.5 Å². The molecule has 0 aromatic rings. The molecular formula is HMgNbO9PbTiZr. The van der Waals surface area contributed by atoms with Gasteiger partial charge in [0.1, 0.15) is 0 Å². The molecule has 0 atom stereocenters. The average Bonchev–Trinajstić information content (AvgIpc) is 1.54. The van der Waals surface area contributed by atoms with Crippen LogP contribution in [0.1, 0.15) is 0 Å². The van der Waals surface area contributed by atoms with E-state index in [0.717, 1.165) is 0 Å². The van der Waals surface area contributed by atoms with Gasteiger partial charge in [-0.3, -0.25) is 0 Å². The largest absolute Gasteiger partial charge is 2.00 e. The van der Waals surface area contributed by atoms with Gasteiger partial charge in [-0.25, -0.2) is 0 Å². The standard InChI is InChI=1S/Mg.Nb.H2O.8O.Pb.Ti.Zr/h;;1H2;;;;;;;;;;;/q+2;;;;;;;4*-1;+2;;+1/p-1. The van der Waals surface area contributed by atoms with Crippen molar-refractivity contribution in [3.63, 3.8) is 0 Å². The first kappa shape index (κ1) is 30.2. The van der Waals surface area contributed by atoms with E-state index in [-0.39, 0.29) is 50.4 Å². The van der Waals surface area contributed by atoms with Crippen LogP contribution in [0.15, 0.2) is 0 Å². The Labute approximate surface area is 138 Å². The first-order valence-electron chi connectivity index (χ1n) is 1.79. The molecule has 0 aromatic heterocycles. The summed E-state index contributed by atoms with van der Waals surface area (Å²) in [5.74, 6) is 0. The summed E-state index contributed by atoms with van der Waals surface area (Å²) >= 11 is -12.3. The molecule has 0 aliphatic rings. The van der Waals surface area contributed by atoms with Crippen molar-refractivity contribution < 1.29 is 90.0 Å². The summed E-state index contributed by atoms with van der Waals surface area (Å²) in [5, 5.41) is 0. The zero-order valence-electron chi connectivity index (χ0n) is 6.37. The number of rotatable bonds is 0. The van der Waals surface area contributed by atoms with Gasteiger partial charge in [0, 0.05) is 0 Å². The molecule has 0 rings (SSSR count). The molecule has 0 heterocycles. The Morgan fingerprint density at radius 3 is 1.29 bits per heavy atom. The molecule has 0 saturated carbocycles. The molecule has 0 amide bonds. The van der Waals surface area contributed by atoms with Crippen molar-refractivity contribution in [3.05, 3.63) is 0 Å². The van der Waals surface area contributed by atoms with Crippen LogP contribution in [0.5, 0.6) is 0 Å². The van der Waals surface area contributed by atoms with Crippen LogP contribution < -0.4 is 14.2 Å². The normalized spacial score (nSPS) is 5.50. The van der Waals surface area contributed by atoms with Gasteiger partial charge in [0.05, 0.1) is 0 Å². The Morgan fingerprint density at radius 1 is 1.29 bits per heavy atom. The summed E-state index contributed by atoms with van der Waals surface area (Å²) in [7, 11) is 0. The Kier molecular flexibility index (Phi) is 54.0. The topological polar surface area (TPSA) is 181 Å². The molecule has 0 aliphatic heterocycles. The van der Waals surface area contributed by atoms with E-state index in [9.17, 15) is 0 Å². The summed E-state index contributed by atoms with van der Waals surface area (Å²) in [6, 6.07) is 0. The van der Waals surface area contributed by atoms with Crippen molar-refractivity contribution in [2.75, 3.05) is 0 Å². The minimum Gasteiger partial charge on any atom is 2.00 e. The summed E-state index contributed by atoms with van der Waals surface area (Å²) in [6.07, 6.45) is 0. The van der Waals surface area contributed by atoms with Gasteiger partial charge in [-0.1, -0.05) is 0 Å². The number of hydrogen-bond acceptors (Lipinski definition) is 8. The molecule has 0 bridgehead atoms. The summed E-state index contributed by atoms with van der Waals surface area (Å²) in [6.45, 7) is 0. The first-order chi connectivity index (χ1) is 5.20. The smallest absolute Gasteiger partial charge is 2.00 e. The Morgan fingerprint density at radius 2 is 1.29 bits per heavy atom. The van der Waals surface area contributed by atoms with E-state index < -0.39 is 60.0 Å². The second-order valence-electron chi connectivity index (χ2n) is 0.740. The van der Waals surface area contributed by atoms with E-state index in [1.54, 1.807) is 0 Å². The predicted octanol–water partition coefficient (Wildman–Crippen LogP) is -6.56. The average molecular weight is 609 g/mol. The summed E-state index contributed by atoms with van der Waals surface area (Å²) in [5.41, 5.74) is 0. The zero-order chi connectivity index (χ0) is 10.7. The van der Waals surface area contributed by atoms with Crippen LogP contribution in [0.25, 0.3) is 0 Å². The molecule has 0 spiro atoms. The van der Waals surface area contributed by atoms with Crippen molar-refractivity contribution in [1.82, 2.24) is 0 Å². The molecule has 2 radical (unpaired) electrons. The third-order valence-electron chi connectivity index (χ3n) is 0. The van der Waals surface area contributed by atoms with Crippen LogP contribution in [0.4, 0.5) is 0 Å². The van der Waals surface area contributed by atoms with E-state index in [1.807, 2.05) is 0 Å². The zero-order valence-corrected chi connectivity index (χ0v) is 17.9. The quantitative estimate of drug-likeness (QED) is 0.262. The number of hydrogen-bond donors (Lipinski definition) is 1. The maximum absolute atomic E-state index is 8.72. The SMILES string of the molecule is [Mg+2].[O]=[Nb](=[O])[O-].[O]=[Ti]([O-])[O-].[O]=[Zr]([O-])[OH].[Pb+2]. The fourth-order valence-electron chi connectivity index (χ4n) is 0. The minimum absolute atomic E-state index is 0. The van der Waals surface area contributed by atoms with Crippen molar-refractivity contribution in [2.24, 2.45) is 0 Å². The maximum Gasteiger partial charge on any atom is 2.00 e. The van der Waals surface area contributed by atoms with Crippen LogP contribution in [0.3, 0.4) is 0 Å². The molecule has 0 aromatic carbocycles. The fourth-order valence-corrected chi connectivity index (χ4v) is 0. The van der Waals surface area contributed by atoms with Crippen LogP contribution in [0.2, 0.25) is 0 Å². The molecular weight excluding hydrogens is 607 g/mol. The molecule has 14 heavy (non-hydrogen) atoms. The van der Waals surface area contributed by atoms with Gasteiger partial charge in [-0.2, -0.15) is 0 Å². The molecule has 0 fully saturated rings. The minimum atomic E-state index is -4.20. The first-order valence-corrected chi connectivity index (χ1v) is 9.50. The molecule has 0 aliphatic carbocycles. The van der Waals surface area contributed by atoms with Gasteiger partial charge >= 0.3 is 140 Å². The second-order valence-corrected chi connectivity index (χ2v) is 3.93. The molecule has 9 nitrogen and oxygen atoms in total. The van der Waals surface area contributed by atoms with Gasteiger partial charge < -0.3 is 0 Å². The third kappa shape index (κ3) is 323. The van der Waals surface area contributed by atoms with Gasteiger partial charge in [0.25, 0.3) is 0 Å². The molecule has 1 N–H and O–H groups in total. The Bertz CT molecular complexity index is 175. The fraction of sp³-hybridized carbons (Fsp3) is 0. The van der Waals surface area contributed by atoms with Gasteiger partial charge in [0.15, 0.2) is 0 Å².